The van der Waals surface area contributed by atoms with E-state index in [1.54, 1.807) is 7.05 Å². The van der Waals surface area contributed by atoms with Crippen molar-refractivity contribution in [1.82, 2.24) is 20.1 Å². The van der Waals surface area contributed by atoms with Crippen LogP contribution in [0.25, 0.3) is 5.69 Å². The van der Waals surface area contributed by atoms with Crippen molar-refractivity contribution in [2.24, 2.45) is 5.10 Å². The first-order valence-electron chi connectivity index (χ1n) is 8.91. The van der Waals surface area contributed by atoms with Gasteiger partial charge in [0.25, 0.3) is 5.91 Å². The Morgan fingerprint density at radius 3 is 2.73 bits per heavy atom. The molecule has 0 radical (unpaired) electrons. The number of carbonyl (C=O) groups excluding carboxylic acids is 2. The Morgan fingerprint density at radius 2 is 1.96 bits per heavy atom. The van der Waals surface area contributed by atoms with E-state index in [9.17, 15) is 9.59 Å². The number of rotatable bonds is 4. The Balaban J connectivity index is 1.52. The molecule has 0 atom stereocenters. The maximum absolute atomic E-state index is 12.4. The maximum Gasteiger partial charge on any atom is 0.267 e. The van der Waals surface area contributed by atoms with Crippen molar-refractivity contribution in [3.8, 4) is 5.69 Å². The lowest BCUT2D eigenvalue weighted by Gasteiger charge is -2.18. The first kappa shape index (κ1) is 16.5. The normalized spacial score (nSPS) is 16.4. The zero-order valence-corrected chi connectivity index (χ0v) is 14.7. The Morgan fingerprint density at radius 1 is 1.15 bits per heavy atom. The summed E-state index contributed by atoms with van der Waals surface area (Å²) < 4.78 is 1.99. The van der Waals surface area contributed by atoms with Crippen molar-refractivity contribution in [3.05, 3.63) is 47.3 Å². The van der Waals surface area contributed by atoms with Gasteiger partial charge in [0.15, 0.2) is 0 Å². The molecule has 0 fully saturated rings. The summed E-state index contributed by atoms with van der Waals surface area (Å²) in [6, 6.07) is 10.1. The number of hydrazone groups is 1. The fraction of sp³-hybridized carbons (Fsp3) is 0.368. The van der Waals surface area contributed by atoms with Gasteiger partial charge >= 0.3 is 0 Å². The molecule has 1 aromatic heterocycles. The number of amides is 2. The van der Waals surface area contributed by atoms with Crippen LogP contribution in [0.1, 0.15) is 36.2 Å². The Kier molecular flexibility index (Phi) is 4.28. The van der Waals surface area contributed by atoms with Gasteiger partial charge in [-0.05, 0) is 37.0 Å². The summed E-state index contributed by atoms with van der Waals surface area (Å²) >= 11 is 0. The van der Waals surface area contributed by atoms with Crippen LogP contribution in [0.2, 0.25) is 0 Å². The van der Waals surface area contributed by atoms with E-state index in [0.29, 0.717) is 25.1 Å². The van der Waals surface area contributed by atoms with Crippen molar-refractivity contribution in [1.29, 1.82) is 0 Å². The van der Waals surface area contributed by atoms with E-state index in [4.69, 9.17) is 5.10 Å². The van der Waals surface area contributed by atoms with Crippen LogP contribution < -0.4 is 5.32 Å². The molecule has 0 unspecified atom stereocenters. The summed E-state index contributed by atoms with van der Waals surface area (Å²) in [7, 11) is 1.57. The van der Waals surface area contributed by atoms with Crippen LogP contribution in [-0.2, 0) is 29.0 Å². The molecular weight excluding hydrogens is 330 g/mol. The molecule has 26 heavy (non-hydrogen) atoms. The highest BCUT2D eigenvalue weighted by Crippen LogP contribution is 2.27. The standard InChI is InChI=1S/C19H21N5O2/c1-23-18(25)11-10-15(21-23)19(26)20-12-16-14-8-5-9-17(14)24(22-16)13-6-3-2-4-7-13/h2-4,6-7H,5,8-12H2,1H3,(H,20,26). The number of fused-ring (bicyclic) bond motifs is 1. The summed E-state index contributed by atoms with van der Waals surface area (Å²) in [5.74, 6) is -0.300. The number of nitrogens with one attached hydrogen (secondary N) is 1. The van der Waals surface area contributed by atoms with Gasteiger partial charge in [0, 0.05) is 25.6 Å². The van der Waals surface area contributed by atoms with Gasteiger partial charge in [-0.2, -0.15) is 10.2 Å². The smallest absolute Gasteiger partial charge is 0.267 e. The SMILES string of the molecule is CN1N=C(C(=O)NCc2nn(-c3ccccc3)c3c2CCC3)CCC1=O. The number of hydrogen-bond donors (Lipinski definition) is 1. The first-order chi connectivity index (χ1) is 12.6. The largest absolute Gasteiger partial charge is 0.345 e. The Hall–Kier alpha value is -2.96. The van der Waals surface area contributed by atoms with Crippen LogP contribution in [0.5, 0.6) is 0 Å². The van der Waals surface area contributed by atoms with Crippen molar-refractivity contribution >= 4 is 17.5 Å². The molecule has 2 aliphatic rings. The highest BCUT2D eigenvalue weighted by atomic mass is 16.2. The average molecular weight is 351 g/mol. The van der Waals surface area contributed by atoms with Gasteiger partial charge in [-0.15, -0.1) is 0 Å². The Labute approximate surface area is 151 Å². The van der Waals surface area contributed by atoms with Crippen molar-refractivity contribution < 1.29 is 9.59 Å². The quantitative estimate of drug-likeness (QED) is 0.908. The molecule has 2 heterocycles. The van der Waals surface area contributed by atoms with Crippen molar-refractivity contribution in [2.75, 3.05) is 7.05 Å². The van der Waals surface area contributed by atoms with Crippen molar-refractivity contribution in [3.63, 3.8) is 0 Å². The molecule has 0 spiro atoms. The Bertz CT molecular complexity index is 885. The average Bonchev–Trinajstić information content (AvgIpc) is 3.26. The molecule has 4 rings (SSSR count). The number of carbonyl (C=O) groups is 2. The third-order valence-corrected chi connectivity index (χ3v) is 4.90. The molecule has 0 saturated carbocycles. The molecule has 7 heteroatoms. The highest BCUT2D eigenvalue weighted by Gasteiger charge is 2.25. The van der Waals surface area contributed by atoms with Crippen molar-refractivity contribution in [2.45, 2.75) is 38.6 Å². The van der Waals surface area contributed by atoms with E-state index in [1.807, 2.05) is 35.0 Å². The molecule has 134 valence electrons. The second-order valence-electron chi connectivity index (χ2n) is 6.62. The van der Waals surface area contributed by atoms with Gasteiger partial charge in [0.1, 0.15) is 5.71 Å². The van der Waals surface area contributed by atoms with E-state index in [1.165, 1.54) is 16.3 Å². The molecule has 2 amide bonds. The number of benzene rings is 1. The lowest BCUT2D eigenvalue weighted by Crippen LogP contribution is -2.37. The first-order valence-corrected chi connectivity index (χ1v) is 8.91. The van der Waals surface area contributed by atoms with E-state index in [2.05, 4.69) is 10.4 Å². The predicted octanol–water partition coefficient (Wildman–Crippen LogP) is 1.59. The molecule has 1 aliphatic heterocycles. The molecule has 1 N–H and O–H groups in total. The molecule has 1 aliphatic carbocycles. The molecule has 1 aromatic carbocycles. The number of nitrogens with zero attached hydrogens (tertiary/aromatic N) is 4. The zero-order valence-electron chi connectivity index (χ0n) is 14.7. The molecule has 7 nitrogen and oxygen atoms in total. The van der Waals surface area contributed by atoms with Gasteiger partial charge in [0.05, 0.1) is 17.9 Å². The van der Waals surface area contributed by atoms with Crippen LogP contribution in [0.4, 0.5) is 0 Å². The number of aromatic nitrogens is 2. The number of hydrogen-bond acceptors (Lipinski definition) is 4. The monoisotopic (exact) mass is 351 g/mol. The van der Waals surface area contributed by atoms with Gasteiger partial charge in [-0.1, -0.05) is 18.2 Å². The lowest BCUT2D eigenvalue weighted by atomic mass is 10.1. The van der Waals surface area contributed by atoms with Gasteiger partial charge < -0.3 is 5.32 Å². The maximum atomic E-state index is 12.4. The third-order valence-electron chi connectivity index (χ3n) is 4.90. The summed E-state index contributed by atoms with van der Waals surface area (Å²) in [6.45, 7) is 0.373. The highest BCUT2D eigenvalue weighted by molar-refractivity contribution is 6.39. The van der Waals surface area contributed by atoms with Gasteiger partial charge in [-0.3, -0.25) is 9.59 Å². The molecular formula is C19H21N5O2. The van der Waals surface area contributed by atoms with Crippen LogP contribution in [-0.4, -0.2) is 39.4 Å². The minimum atomic E-state index is -0.231. The second-order valence-corrected chi connectivity index (χ2v) is 6.62. The lowest BCUT2D eigenvalue weighted by molar-refractivity contribution is -0.130. The summed E-state index contributed by atoms with van der Waals surface area (Å²) in [4.78, 5) is 23.9. The zero-order chi connectivity index (χ0) is 18.1. The molecule has 0 saturated heterocycles. The summed E-state index contributed by atoms with van der Waals surface area (Å²) in [6.07, 6.45) is 3.81. The summed E-state index contributed by atoms with van der Waals surface area (Å²) in [5.41, 5.74) is 4.83. The van der Waals surface area contributed by atoms with E-state index >= 15 is 0 Å². The van der Waals surface area contributed by atoms with E-state index < -0.39 is 0 Å². The fourth-order valence-corrected chi connectivity index (χ4v) is 3.54. The molecule has 0 bridgehead atoms. The van der Waals surface area contributed by atoms with Crippen LogP contribution in [0.3, 0.4) is 0 Å². The topological polar surface area (TPSA) is 79.6 Å². The third kappa shape index (κ3) is 3.00. The van der Waals surface area contributed by atoms with E-state index in [-0.39, 0.29) is 11.8 Å². The summed E-state index contributed by atoms with van der Waals surface area (Å²) in [5, 5.41) is 13.0. The second kappa shape index (κ2) is 6.74. The molecule has 2 aromatic rings. The minimum absolute atomic E-state index is 0.0685. The minimum Gasteiger partial charge on any atom is -0.345 e. The van der Waals surface area contributed by atoms with E-state index in [0.717, 1.165) is 30.6 Å². The van der Waals surface area contributed by atoms with Gasteiger partial charge in [0.2, 0.25) is 5.91 Å². The van der Waals surface area contributed by atoms with Gasteiger partial charge in [-0.25, -0.2) is 9.69 Å². The van der Waals surface area contributed by atoms with Crippen LogP contribution >= 0.6 is 0 Å². The van der Waals surface area contributed by atoms with Crippen LogP contribution in [0, 0.1) is 0 Å². The van der Waals surface area contributed by atoms with Crippen LogP contribution in [0.15, 0.2) is 35.4 Å². The number of para-hydroxylation sites is 1. The predicted molar refractivity (Wildman–Crippen MR) is 96.9 cm³/mol. The fourth-order valence-electron chi connectivity index (χ4n) is 3.54.